The standard InChI is InChI=1S/C18H22N4O2/c1-12-16-8-13(10-20-18(16)22(2)21-12)9-19-11-17(23)14-4-6-15(24-3)7-5-14/h4-8,10,17,19,23H,9,11H2,1-3H3/t17-/m0/s1. The van der Waals surface area contributed by atoms with Crippen LogP contribution in [0.15, 0.2) is 36.5 Å². The van der Waals surface area contributed by atoms with E-state index in [4.69, 9.17) is 4.74 Å². The number of benzene rings is 1. The first kappa shape index (κ1) is 16.4. The molecular formula is C18H22N4O2. The fourth-order valence-corrected chi connectivity index (χ4v) is 2.74. The van der Waals surface area contributed by atoms with Gasteiger partial charge in [0.1, 0.15) is 5.75 Å². The van der Waals surface area contributed by atoms with Gasteiger partial charge in [0, 0.05) is 31.7 Å². The highest BCUT2D eigenvalue weighted by Gasteiger charge is 2.09. The Kier molecular flexibility index (Phi) is 4.78. The topological polar surface area (TPSA) is 72.2 Å². The predicted molar refractivity (Wildman–Crippen MR) is 92.9 cm³/mol. The number of aromatic nitrogens is 3. The van der Waals surface area contributed by atoms with Crippen LogP contribution in [0.5, 0.6) is 5.75 Å². The van der Waals surface area contributed by atoms with E-state index in [2.05, 4.69) is 21.5 Å². The summed E-state index contributed by atoms with van der Waals surface area (Å²) >= 11 is 0. The number of hydrogen-bond acceptors (Lipinski definition) is 5. The number of pyridine rings is 1. The van der Waals surface area contributed by atoms with Gasteiger partial charge in [-0.15, -0.1) is 0 Å². The lowest BCUT2D eigenvalue weighted by atomic mass is 10.1. The van der Waals surface area contributed by atoms with Crippen molar-refractivity contribution in [1.29, 1.82) is 0 Å². The Morgan fingerprint density at radius 2 is 2.04 bits per heavy atom. The summed E-state index contributed by atoms with van der Waals surface area (Å²) < 4.78 is 6.91. The molecule has 1 aromatic carbocycles. The van der Waals surface area contributed by atoms with E-state index >= 15 is 0 Å². The summed E-state index contributed by atoms with van der Waals surface area (Å²) in [6, 6.07) is 9.54. The zero-order valence-electron chi connectivity index (χ0n) is 14.2. The molecule has 3 rings (SSSR count). The monoisotopic (exact) mass is 326 g/mol. The average molecular weight is 326 g/mol. The zero-order chi connectivity index (χ0) is 17.1. The van der Waals surface area contributed by atoms with Crippen LogP contribution in [0.4, 0.5) is 0 Å². The molecule has 6 nitrogen and oxygen atoms in total. The Morgan fingerprint density at radius 1 is 1.29 bits per heavy atom. The number of methoxy groups -OCH3 is 1. The van der Waals surface area contributed by atoms with E-state index in [-0.39, 0.29) is 0 Å². The Bertz CT molecular complexity index is 827. The minimum Gasteiger partial charge on any atom is -0.497 e. The van der Waals surface area contributed by atoms with Crippen molar-refractivity contribution in [2.24, 2.45) is 7.05 Å². The number of nitrogens with one attached hydrogen (secondary N) is 1. The molecule has 2 heterocycles. The third-order valence-corrected chi connectivity index (χ3v) is 4.09. The van der Waals surface area contributed by atoms with Crippen molar-refractivity contribution in [2.75, 3.05) is 13.7 Å². The van der Waals surface area contributed by atoms with E-state index in [9.17, 15) is 5.11 Å². The first-order valence-corrected chi connectivity index (χ1v) is 7.89. The number of aryl methyl sites for hydroxylation is 2. The van der Waals surface area contributed by atoms with Gasteiger partial charge in [0.2, 0.25) is 0 Å². The lowest BCUT2D eigenvalue weighted by molar-refractivity contribution is 0.174. The van der Waals surface area contributed by atoms with E-state index in [1.807, 2.05) is 44.4 Å². The van der Waals surface area contributed by atoms with Crippen LogP contribution in [-0.2, 0) is 13.6 Å². The molecule has 0 spiro atoms. The summed E-state index contributed by atoms with van der Waals surface area (Å²) in [4.78, 5) is 4.46. The van der Waals surface area contributed by atoms with Crippen molar-refractivity contribution in [1.82, 2.24) is 20.1 Å². The summed E-state index contributed by atoms with van der Waals surface area (Å²) in [5.74, 6) is 0.783. The summed E-state index contributed by atoms with van der Waals surface area (Å²) in [6.45, 7) is 3.09. The van der Waals surface area contributed by atoms with Crippen LogP contribution in [-0.4, -0.2) is 33.5 Å². The van der Waals surface area contributed by atoms with Gasteiger partial charge < -0.3 is 15.2 Å². The third-order valence-electron chi connectivity index (χ3n) is 4.09. The van der Waals surface area contributed by atoms with Crippen molar-refractivity contribution in [3.63, 3.8) is 0 Å². The number of ether oxygens (including phenoxy) is 1. The average Bonchev–Trinajstić information content (AvgIpc) is 2.89. The SMILES string of the molecule is COc1ccc([C@@H](O)CNCc2cnc3c(c2)c(C)nn3C)cc1. The maximum absolute atomic E-state index is 10.2. The van der Waals surface area contributed by atoms with Crippen LogP contribution in [0.2, 0.25) is 0 Å². The quantitative estimate of drug-likeness (QED) is 0.726. The maximum atomic E-state index is 10.2. The van der Waals surface area contributed by atoms with Gasteiger partial charge >= 0.3 is 0 Å². The molecular weight excluding hydrogens is 304 g/mol. The van der Waals surface area contributed by atoms with Gasteiger partial charge in [-0.05, 0) is 36.2 Å². The van der Waals surface area contributed by atoms with Crippen molar-refractivity contribution in [3.8, 4) is 5.75 Å². The van der Waals surface area contributed by atoms with Crippen LogP contribution in [0.3, 0.4) is 0 Å². The lowest BCUT2D eigenvalue weighted by Gasteiger charge is -2.13. The van der Waals surface area contributed by atoms with Gasteiger partial charge in [-0.2, -0.15) is 5.10 Å². The first-order chi connectivity index (χ1) is 11.6. The highest BCUT2D eigenvalue weighted by molar-refractivity contribution is 5.78. The molecule has 0 bridgehead atoms. The molecule has 1 atom stereocenters. The van der Waals surface area contributed by atoms with E-state index in [1.165, 1.54) is 0 Å². The minimum atomic E-state index is -0.562. The van der Waals surface area contributed by atoms with Crippen LogP contribution in [0.1, 0.15) is 22.9 Å². The molecule has 0 saturated heterocycles. The highest BCUT2D eigenvalue weighted by atomic mass is 16.5. The molecule has 0 unspecified atom stereocenters. The molecule has 24 heavy (non-hydrogen) atoms. The largest absolute Gasteiger partial charge is 0.497 e. The summed E-state index contributed by atoms with van der Waals surface area (Å²) in [5.41, 5.74) is 3.79. The molecule has 0 aliphatic rings. The van der Waals surface area contributed by atoms with Crippen LogP contribution in [0, 0.1) is 6.92 Å². The number of aliphatic hydroxyl groups is 1. The van der Waals surface area contributed by atoms with Gasteiger partial charge in [0.25, 0.3) is 0 Å². The number of rotatable bonds is 6. The molecule has 126 valence electrons. The fraction of sp³-hybridized carbons (Fsp3) is 0.333. The van der Waals surface area contributed by atoms with Crippen molar-refractivity contribution >= 4 is 11.0 Å². The first-order valence-electron chi connectivity index (χ1n) is 7.89. The van der Waals surface area contributed by atoms with Gasteiger partial charge in [-0.25, -0.2) is 4.98 Å². The summed E-state index contributed by atoms with van der Waals surface area (Å²) in [7, 11) is 3.52. The number of aliphatic hydroxyl groups excluding tert-OH is 1. The van der Waals surface area contributed by atoms with E-state index in [0.717, 1.165) is 33.6 Å². The maximum Gasteiger partial charge on any atom is 0.157 e. The Labute approximate surface area is 141 Å². The second-order valence-corrected chi connectivity index (χ2v) is 5.84. The normalized spacial score (nSPS) is 12.5. The smallest absolute Gasteiger partial charge is 0.157 e. The van der Waals surface area contributed by atoms with Gasteiger partial charge in [-0.1, -0.05) is 12.1 Å². The van der Waals surface area contributed by atoms with E-state index < -0.39 is 6.10 Å². The van der Waals surface area contributed by atoms with E-state index in [0.29, 0.717) is 13.1 Å². The van der Waals surface area contributed by atoms with Crippen LogP contribution >= 0.6 is 0 Å². The third kappa shape index (κ3) is 3.39. The van der Waals surface area contributed by atoms with Crippen LogP contribution in [0.25, 0.3) is 11.0 Å². The zero-order valence-corrected chi connectivity index (χ0v) is 14.2. The molecule has 2 N–H and O–H groups in total. The van der Waals surface area contributed by atoms with E-state index in [1.54, 1.807) is 11.8 Å². The van der Waals surface area contributed by atoms with Gasteiger partial charge in [0.05, 0.1) is 18.9 Å². The molecule has 0 aliphatic heterocycles. The van der Waals surface area contributed by atoms with Crippen LogP contribution < -0.4 is 10.1 Å². The Morgan fingerprint density at radius 3 is 2.75 bits per heavy atom. The number of nitrogens with zero attached hydrogens (tertiary/aromatic N) is 3. The molecule has 0 radical (unpaired) electrons. The fourth-order valence-electron chi connectivity index (χ4n) is 2.74. The second-order valence-electron chi connectivity index (χ2n) is 5.84. The molecule has 0 aliphatic carbocycles. The Balaban J connectivity index is 1.60. The predicted octanol–water partition coefficient (Wildman–Crippen LogP) is 2.11. The van der Waals surface area contributed by atoms with Crippen molar-refractivity contribution < 1.29 is 9.84 Å². The minimum absolute atomic E-state index is 0.469. The summed E-state index contributed by atoms with van der Waals surface area (Å²) in [6.07, 6.45) is 1.28. The molecule has 6 heteroatoms. The number of fused-ring (bicyclic) bond motifs is 1. The number of hydrogen-bond donors (Lipinski definition) is 2. The molecule has 2 aromatic heterocycles. The van der Waals surface area contributed by atoms with Crippen molar-refractivity contribution in [2.45, 2.75) is 19.6 Å². The van der Waals surface area contributed by atoms with Crippen molar-refractivity contribution in [3.05, 3.63) is 53.3 Å². The Hall–Kier alpha value is -2.44. The summed E-state index contributed by atoms with van der Waals surface area (Å²) in [5, 5.41) is 19.0. The molecule has 0 amide bonds. The van der Waals surface area contributed by atoms with Gasteiger partial charge in [-0.3, -0.25) is 4.68 Å². The molecule has 0 fully saturated rings. The molecule has 3 aromatic rings. The highest BCUT2D eigenvalue weighted by Crippen LogP contribution is 2.18. The second kappa shape index (κ2) is 6.98. The van der Waals surface area contributed by atoms with Gasteiger partial charge in [0.15, 0.2) is 5.65 Å². The molecule has 0 saturated carbocycles. The lowest BCUT2D eigenvalue weighted by Crippen LogP contribution is -2.21.